The Morgan fingerprint density at radius 2 is 1.81 bits per heavy atom. The van der Waals surface area contributed by atoms with Crippen molar-refractivity contribution in [3.05, 3.63) is 124 Å². The van der Waals surface area contributed by atoms with Crippen LogP contribution in [-0.4, -0.2) is 33.5 Å². The van der Waals surface area contributed by atoms with Crippen LogP contribution in [0.25, 0.3) is 11.1 Å². The fraction of sp³-hybridized carbons (Fsp3) is 0.250. The third kappa shape index (κ3) is 7.40. The molecule has 10 heteroatoms. The normalized spacial score (nSPS) is 18.4. The van der Waals surface area contributed by atoms with E-state index in [0.717, 1.165) is 33.4 Å². The monoisotopic (exact) mass is 607 g/mol. The maximum Gasteiger partial charge on any atom is 0.407 e. The number of ether oxygens (including phenoxy) is 3. The number of hydrogen-bond acceptors (Lipinski definition) is 6. The first kappa shape index (κ1) is 29.8. The molecule has 1 aliphatic rings. The second-order valence-electron chi connectivity index (χ2n) is 9.90. The SMILES string of the molecule is C=CCOC(=O)NCc1cccc(-c2cccc(C3OC(Cn4cnc(Cl)c4Cl)CC(c4ccc(CO)cc4)O3)c2)c1. The van der Waals surface area contributed by atoms with Crippen LogP contribution in [0.15, 0.2) is 91.8 Å². The second kappa shape index (κ2) is 14.0. The van der Waals surface area contributed by atoms with Crippen LogP contribution in [0.2, 0.25) is 10.3 Å². The van der Waals surface area contributed by atoms with Crippen LogP contribution in [0.3, 0.4) is 0 Å². The number of carbonyl (C=O) groups excluding carboxylic acids is 1. The molecule has 1 saturated heterocycles. The number of benzene rings is 3. The molecule has 1 fully saturated rings. The largest absolute Gasteiger partial charge is 0.445 e. The molecule has 2 heterocycles. The van der Waals surface area contributed by atoms with Crippen LogP contribution in [0.1, 0.15) is 41.1 Å². The van der Waals surface area contributed by atoms with Gasteiger partial charge in [-0.2, -0.15) is 0 Å². The molecule has 3 atom stereocenters. The Labute approximate surface area is 254 Å². The van der Waals surface area contributed by atoms with E-state index in [0.29, 0.717) is 24.7 Å². The van der Waals surface area contributed by atoms with Gasteiger partial charge in [0.15, 0.2) is 11.4 Å². The minimum atomic E-state index is -0.645. The standard InChI is InChI=1S/C32H31Cl2N3O5/c1-2-13-40-32(39)35-17-22-5-3-6-24(14-22)25-7-4-8-26(15-25)31-41-27(18-37-20-36-29(33)30(37)34)16-28(42-31)23-11-9-21(19-38)10-12-23/h2-12,14-15,20,27-28,31,38H,1,13,16-19H2,(H,35,39). The van der Waals surface area contributed by atoms with Crippen molar-refractivity contribution < 1.29 is 24.1 Å². The van der Waals surface area contributed by atoms with Gasteiger partial charge in [-0.1, -0.05) is 96.5 Å². The van der Waals surface area contributed by atoms with Gasteiger partial charge in [-0.15, -0.1) is 0 Å². The van der Waals surface area contributed by atoms with E-state index in [4.69, 9.17) is 37.4 Å². The highest BCUT2D eigenvalue weighted by Gasteiger charge is 2.33. The second-order valence-corrected chi connectivity index (χ2v) is 10.6. The predicted octanol–water partition coefficient (Wildman–Crippen LogP) is 7.01. The van der Waals surface area contributed by atoms with E-state index in [1.165, 1.54) is 6.08 Å². The Balaban J connectivity index is 1.37. The zero-order valence-electron chi connectivity index (χ0n) is 22.8. The van der Waals surface area contributed by atoms with E-state index in [1.807, 2.05) is 72.8 Å². The minimum absolute atomic E-state index is 0.0243. The smallest absolute Gasteiger partial charge is 0.407 e. The number of rotatable bonds is 10. The van der Waals surface area contributed by atoms with E-state index in [9.17, 15) is 9.90 Å². The number of nitrogens with one attached hydrogen (secondary N) is 1. The van der Waals surface area contributed by atoms with Crippen LogP contribution in [0.5, 0.6) is 0 Å². The van der Waals surface area contributed by atoms with E-state index in [1.54, 1.807) is 10.9 Å². The summed E-state index contributed by atoms with van der Waals surface area (Å²) in [5.74, 6) is 0. The molecule has 218 valence electrons. The Kier molecular flexibility index (Phi) is 9.94. The van der Waals surface area contributed by atoms with Gasteiger partial charge in [0, 0.05) is 18.5 Å². The number of aromatic nitrogens is 2. The quantitative estimate of drug-likeness (QED) is 0.188. The first-order valence-electron chi connectivity index (χ1n) is 13.5. The molecule has 1 aromatic heterocycles. The molecule has 0 bridgehead atoms. The Morgan fingerprint density at radius 1 is 1.05 bits per heavy atom. The van der Waals surface area contributed by atoms with Gasteiger partial charge in [0.25, 0.3) is 0 Å². The molecular weight excluding hydrogens is 577 g/mol. The van der Waals surface area contributed by atoms with Crippen LogP contribution in [-0.2, 0) is 33.9 Å². The molecule has 1 amide bonds. The molecule has 1 aliphatic heterocycles. The fourth-order valence-corrected chi connectivity index (χ4v) is 5.12. The van der Waals surface area contributed by atoms with Crippen molar-refractivity contribution in [3.8, 4) is 11.1 Å². The first-order chi connectivity index (χ1) is 20.4. The number of carbonyl (C=O) groups is 1. The highest BCUT2D eigenvalue weighted by molar-refractivity contribution is 6.40. The van der Waals surface area contributed by atoms with Crippen molar-refractivity contribution in [3.63, 3.8) is 0 Å². The Hall–Kier alpha value is -3.66. The summed E-state index contributed by atoms with van der Waals surface area (Å²) >= 11 is 12.4. The summed E-state index contributed by atoms with van der Waals surface area (Å²) in [6.45, 7) is 4.46. The van der Waals surface area contributed by atoms with Gasteiger partial charge in [-0.25, -0.2) is 9.78 Å². The average Bonchev–Trinajstić information content (AvgIpc) is 3.35. The molecule has 4 aromatic rings. The van der Waals surface area contributed by atoms with Crippen LogP contribution in [0, 0.1) is 0 Å². The van der Waals surface area contributed by atoms with Crippen molar-refractivity contribution in [2.45, 2.75) is 44.6 Å². The summed E-state index contributed by atoms with van der Waals surface area (Å²) in [4.78, 5) is 15.9. The van der Waals surface area contributed by atoms with Crippen molar-refractivity contribution >= 4 is 29.3 Å². The van der Waals surface area contributed by atoms with Gasteiger partial charge in [-0.3, -0.25) is 0 Å². The molecule has 3 aromatic carbocycles. The third-order valence-electron chi connectivity index (χ3n) is 6.94. The highest BCUT2D eigenvalue weighted by atomic mass is 35.5. The predicted molar refractivity (Wildman–Crippen MR) is 161 cm³/mol. The lowest BCUT2D eigenvalue weighted by Gasteiger charge is -2.36. The van der Waals surface area contributed by atoms with Crippen molar-refractivity contribution in [1.82, 2.24) is 14.9 Å². The number of imidazole rings is 1. The molecule has 8 nitrogen and oxygen atoms in total. The van der Waals surface area contributed by atoms with Gasteiger partial charge in [0.05, 0.1) is 31.7 Å². The molecule has 42 heavy (non-hydrogen) atoms. The highest BCUT2D eigenvalue weighted by Crippen LogP contribution is 2.39. The van der Waals surface area contributed by atoms with Gasteiger partial charge in [0.1, 0.15) is 11.8 Å². The van der Waals surface area contributed by atoms with Crippen molar-refractivity contribution in [2.75, 3.05) is 6.61 Å². The molecule has 2 N–H and O–H groups in total. The summed E-state index contributed by atoms with van der Waals surface area (Å²) in [6, 6.07) is 23.7. The number of hydrogen-bond donors (Lipinski definition) is 2. The fourth-order valence-electron chi connectivity index (χ4n) is 4.81. The number of aliphatic hydroxyl groups excluding tert-OH is 1. The van der Waals surface area contributed by atoms with Gasteiger partial charge in [0.2, 0.25) is 0 Å². The number of halogens is 2. The van der Waals surface area contributed by atoms with E-state index in [-0.39, 0.29) is 30.6 Å². The topological polar surface area (TPSA) is 94.8 Å². The van der Waals surface area contributed by atoms with Gasteiger partial charge < -0.3 is 29.2 Å². The molecular formula is C32H31Cl2N3O5. The lowest BCUT2D eigenvalue weighted by molar-refractivity contribution is -0.252. The molecule has 0 spiro atoms. The number of aliphatic hydroxyl groups is 1. The maximum atomic E-state index is 11.8. The summed E-state index contributed by atoms with van der Waals surface area (Å²) in [6.07, 6.45) is 2.07. The average molecular weight is 609 g/mol. The summed E-state index contributed by atoms with van der Waals surface area (Å²) < 4.78 is 19.7. The zero-order valence-corrected chi connectivity index (χ0v) is 24.3. The van der Waals surface area contributed by atoms with E-state index in [2.05, 4.69) is 16.9 Å². The third-order valence-corrected chi connectivity index (χ3v) is 7.71. The molecule has 3 unspecified atom stereocenters. The number of amides is 1. The maximum absolute atomic E-state index is 11.8. The Morgan fingerprint density at radius 3 is 2.52 bits per heavy atom. The summed E-state index contributed by atoms with van der Waals surface area (Å²) in [5.41, 5.74) is 5.58. The van der Waals surface area contributed by atoms with Crippen LogP contribution >= 0.6 is 23.2 Å². The van der Waals surface area contributed by atoms with Crippen LogP contribution in [0.4, 0.5) is 4.79 Å². The molecule has 0 aliphatic carbocycles. The minimum Gasteiger partial charge on any atom is -0.445 e. The number of nitrogens with zero attached hydrogens (tertiary/aromatic N) is 2. The lowest BCUT2D eigenvalue weighted by Crippen LogP contribution is -2.32. The van der Waals surface area contributed by atoms with Crippen molar-refractivity contribution in [2.24, 2.45) is 0 Å². The lowest BCUT2D eigenvalue weighted by atomic mass is 9.98. The van der Waals surface area contributed by atoms with Gasteiger partial charge >= 0.3 is 6.09 Å². The molecule has 5 rings (SSSR count). The summed E-state index contributed by atoms with van der Waals surface area (Å²) in [5, 5.41) is 12.8. The van der Waals surface area contributed by atoms with Crippen LogP contribution < -0.4 is 5.32 Å². The summed E-state index contributed by atoms with van der Waals surface area (Å²) in [7, 11) is 0. The molecule has 0 radical (unpaired) electrons. The number of alkyl carbamates (subject to hydrolysis) is 1. The van der Waals surface area contributed by atoms with Gasteiger partial charge in [-0.05, 0) is 39.9 Å². The van der Waals surface area contributed by atoms with E-state index >= 15 is 0 Å². The Bertz CT molecular complexity index is 1520. The first-order valence-corrected chi connectivity index (χ1v) is 14.3. The molecule has 0 saturated carbocycles. The van der Waals surface area contributed by atoms with E-state index < -0.39 is 12.4 Å². The zero-order chi connectivity index (χ0) is 29.5. The van der Waals surface area contributed by atoms with Crippen molar-refractivity contribution in [1.29, 1.82) is 0 Å².